The summed E-state index contributed by atoms with van der Waals surface area (Å²) in [6.45, 7) is 4.14. The summed E-state index contributed by atoms with van der Waals surface area (Å²) in [5.41, 5.74) is 0. The molecule has 0 fully saturated rings. The maximum atomic E-state index is 12.6. The number of hydrogen-bond acceptors (Lipinski definition) is 8. The molecular weight excluding hydrogens is 701 g/mol. The van der Waals surface area contributed by atoms with E-state index < -0.39 is 32.5 Å². The van der Waals surface area contributed by atoms with Crippen molar-refractivity contribution in [2.24, 2.45) is 0 Å². The van der Waals surface area contributed by atoms with E-state index in [-0.39, 0.29) is 26.1 Å². The minimum atomic E-state index is -4.63. The maximum absolute atomic E-state index is 12.6. The molecule has 54 heavy (non-hydrogen) atoms. The van der Waals surface area contributed by atoms with Crippen molar-refractivity contribution in [3.05, 3.63) is 48.6 Å². The van der Waals surface area contributed by atoms with Crippen molar-refractivity contribution in [3.8, 4) is 0 Å². The third kappa shape index (κ3) is 39.7. The van der Waals surface area contributed by atoms with E-state index >= 15 is 0 Å². The van der Waals surface area contributed by atoms with Gasteiger partial charge >= 0.3 is 11.9 Å². The Morgan fingerprint density at radius 3 is 1.43 bits per heavy atom. The molecule has 0 N–H and O–H groups in total. The molecule has 0 aromatic carbocycles. The summed E-state index contributed by atoms with van der Waals surface area (Å²) in [5.74, 6) is -0.873. The summed E-state index contributed by atoms with van der Waals surface area (Å²) in [6, 6.07) is 0. The number of esters is 2. The van der Waals surface area contributed by atoms with Crippen LogP contribution in [0.25, 0.3) is 0 Å². The second kappa shape index (κ2) is 36.6. The number of carbonyl (C=O) groups excluding carboxylic acids is 2. The van der Waals surface area contributed by atoms with Crippen LogP contribution in [0.5, 0.6) is 0 Å². The molecule has 0 aliphatic carbocycles. The highest BCUT2D eigenvalue weighted by atomic mass is 31.2. The van der Waals surface area contributed by atoms with Crippen molar-refractivity contribution in [2.45, 2.75) is 174 Å². The fraction of sp³-hybridized carbons (Fsp3) is 0.773. The minimum absolute atomic E-state index is 0.0381. The van der Waals surface area contributed by atoms with Crippen LogP contribution in [0, 0.1) is 0 Å². The number of ether oxygens (including phenoxy) is 2. The largest absolute Gasteiger partial charge is 0.756 e. The number of unbranched alkanes of at least 4 members (excludes halogenated alkanes) is 18. The number of carbonyl (C=O) groups is 2. The first kappa shape index (κ1) is 52.0. The molecular formula is C44H80NO8P. The molecule has 0 aliphatic heterocycles. The number of quaternary nitrogens is 1. The number of rotatable bonds is 38. The molecule has 2 atom stereocenters. The third-order valence-corrected chi connectivity index (χ3v) is 9.84. The average Bonchev–Trinajstić information content (AvgIpc) is 3.12. The molecule has 1 unspecified atom stereocenters. The molecule has 0 bridgehead atoms. The molecule has 10 heteroatoms. The lowest BCUT2D eigenvalue weighted by Crippen LogP contribution is -2.37. The zero-order chi connectivity index (χ0) is 40.0. The number of phosphoric ester groups is 1. The molecule has 0 radical (unpaired) electrons. The van der Waals surface area contributed by atoms with E-state index in [1.54, 1.807) is 0 Å². The van der Waals surface area contributed by atoms with Gasteiger partial charge in [0.1, 0.15) is 19.8 Å². The normalized spacial score (nSPS) is 14.1. The van der Waals surface area contributed by atoms with Gasteiger partial charge < -0.3 is 27.9 Å². The molecule has 0 aromatic heterocycles. The standard InChI is InChI=1S/C44H80NO8P/c1-6-8-10-12-14-16-18-20-22-24-26-28-30-32-34-36-43(46)50-40-42(41-52-54(48,49)51-39-38-45(3,4)5)53-44(47)37-35-33-31-29-27-25-23-21-19-17-15-13-11-9-7-2/h16-23,42H,6-15,24-41H2,1-5H3/b18-16-,19-17-,22-20-,23-21-/t42-/m1/s1. The van der Waals surface area contributed by atoms with E-state index in [0.29, 0.717) is 23.9 Å². The second-order valence-corrected chi connectivity index (χ2v) is 16.8. The van der Waals surface area contributed by atoms with Gasteiger partial charge in [-0.15, -0.1) is 0 Å². The molecule has 0 saturated carbocycles. The van der Waals surface area contributed by atoms with Gasteiger partial charge in [-0.1, -0.05) is 140 Å². The summed E-state index contributed by atoms with van der Waals surface area (Å²) >= 11 is 0. The van der Waals surface area contributed by atoms with Crippen molar-refractivity contribution in [1.29, 1.82) is 0 Å². The summed E-state index contributed by atoms with van der Waals surface area (Å²) in [6.07, 6.45) is 41.3. The summed E-state index contributed by atoms with van der Waals surface area (Å²) < 4.78 is 33.8. The Kier molecular flexibility index (Phi) is 35.2. The van der Waals surface area contributed by atoms with Crippen LogP contribution in [0.3, 0.4) is 0 Å². The quantitative estimate of drug-likeness (QED) is 0.0200. The Morgan fingerprint density at radius 1 is 0.574 bits per heavy atom. The molecule has 0 aliphatic rings. The lowest BCUT2D eigenvalue weighted by molar-refractivity contribution is -0.870. The molecule has 0 saturated heterocycles. The Bertz CT molecular complexity index is 1070. The van der Waals surface area contributed by atoms with Gasteiger partial charge in [-0.25, -0.2) is 0 Å². The van der Waals surface area contributed by atoms with Crippen LogP contribution in [0.4, 0.5) is 0 Å². The van der Waals surface area contributed by atoms with Crippen LogP contribution in [-0.4, -0.2) is 70.0 Å². The van der Waals surface area contributed by atoms with E-state index in [9.17, 15) is 19.0 Å². The molecule has 314 valence electrons. The molecule has 0 amide bonds. The number of hydrogen-bond donors (Lipinski definition) is 0. The molecule has 0 heterocycles. The molecule has 0 aromatic rings. The van der Waals surface area contributed by atoms with Crippen LogP contribution in [0.15, 0.2) is 48.6 Å². The van der Waals surface area contributed by atoms with Crippen LogP contribution < -0.4 is 4.89 Å². The zero-order valence-corrected chi connectivity index (χ0v) is 36.0. The third-order valence-electron chi connectivity index (χ3n) is 8.88. The SMILES string of the molecule is CCCCCC/C=C\C=C/CCCCCCCC(=O)OC[C@H](COP(=O)([O-])OCC[N+](C)(C)C)OC(=O)CCCCCCC/C=C\C=C/CCCCCC. The van der Waals surface area contributed by atoms with Crippen LogP contribution in [0.1, 0.15) is 168 Å². The average molecular weight is 782 g/mol. The van der Waals surface area contributed by atoms with E-state index in [1.165, 1.54) is 51.4 Å². The van der Waals surface area contributed by atoms with Gasteiger partial charge in [-0.3, -0.25) is 14.2 Å². The summed E-state index contributed by atoms with van der Waals surface area (Å²) in [5, 5.41) is 0. The second-order valence-electron chi connectivity index (χ2n) is 15.4. The Morgan fingerprint density at radius 2 is 0.981 bits per heavy atom. The zero-order valence-electron chi connectivity index (χ0n) is 35.2. The molecule has 0 rings (SSSR count). The van der Waals surface area contributed by atoms with Crippen molar-refractivity contribution >= 4 is 19.8 Å². The Labute approximate surface area is 331 Å². The van der Waals surface area contributed by atoms with E-state index in [0.717, 1.165) is 77.0 Å². The van der Waals surface area contributed by atoms with Crippen LogP contribution in [0.2, 0.25) is 0 Å². The summed E-state index contributed by atoms with van der Waals surface area (Å²) in [4.78, 5) is 37.5. The fourth-order valence-electron chi connectivity index (χ4n) is 5.46. The van der Waals surface area contributed by atoms with E-state index in [1.807, 2.05) is 21.1 Å². The lowest BCUT2D eigenvalue weighted by atomic mass is 10.1. The van der Waals surface area contributed by atoms with Gasteiger partial charge in [-0.05, 0) is 64.2 Å². The first-order valence-electron chi connectivity index (χ1n) is 21.4. The van der Waals surface area contributed by atoms with Gasteiger partial charge in [0.15, 0.2) is 6.10 Å². The van der Waals surface area contributed by atoms with Gasteiger partial charge in [0, 0.05) is 12.8 Å². The predicted octanol–water partition coefficient (Wildman–Crippen LogP) is 11.3. The number of allylic oxidation sites excluding steroid dienone is 8. The van der Waals surface area contributed by atoms with E-state index in [4.69, 9.17) is 18.5 Å². The minimum Gasteiger partial charge on any atom is -0.756 e. The molecule has 0 spiro atoms. The van der Waals surface area contributed by atoms with Crippen LogP contribution in [-0.2, 0) is 32.7 Å². The number of nitrogens with zero attached hydrogens (tertiary/aromatic N) is 1. The van der Waals surface area contributed by atoms with Gasteiger partial charge in [0.05, 0.1) is 27.7 Å². The van der Waals surface area contributed by atoms with Gasteiger partial charge in [0.2, 0.25) is 0 Å². The van der Waals surface area contributed by atoms with Crippen molar-refractivity contribution in [1.82, 2.24) is 0 Å². The highest BCUT2D eigenvalue weighted by Gasteiger charge is 2.21. The highest BCUT2D eigenvalue weighted by Crippen LogP contribution is 2.38. The van der Waals surface area contributed by atoms with Crippen molar-refractivity contribution in [3.63, 3.8) is 0 Å². The Balaban J connectivity index is 4.45. The van der Waals surface area contributed by atoms with Gasteiger partial charge in [-0.2, -0.15) is 0 Å². The summed E-state index contributed by atoms with van der Waals surface area (Å²) in [7, 11) is 1.14. The number of likely N-dealkylation sites (N-methyl/N-ethyl adjacent to an activating group) is 1. The van der Waals surface area contributed by atoms with Crippen molar-refractivity contribution < 1.29 is 42.1 Å². The topological polar surface area (TPSA) is 111 Å². The van der Waals surface area contributed by atoms with E-state index in [2.05, 4.69) is 62.5 Å². The smallest absolute Gasteiger partial charge is 0.306 e. The highest BCUT2D eigenvalue weighted by molar-refractivity contribution is 7.45. The fourth-order valence-corrected chi connectivity index (χ4v) is 6.19. The first-order valence-corrected chi connectivity index (χ1v) is 22.8. The van der Waals surface area contributed by atoms with Crippen LogP contribution >= 0.6 is 7.82 Å². The number of phosphoric acid groups is 1. The predicted molar refractivity (Wildman–Crippen MR) is 222 cm³/mol. The maximum Gasteiger partial charge on any atom is 0.306 e. The Hall–Kier alpha value is -2.03. The monoisotopic (exact) mass is 782 g/mol. The van der Waals surface area contributed by atoms with Crippen molar-refractivity contribution in [2.75, 3.05) is 47.5 Å². The van der Waals surface area contributed by atoms with Gasteiger partial charge in [0.25, 0.3) is 7.82 Å². The molecule has 9 nitrogen and oxygen atoms in total. The lowest BCUT2D eigenvalue weighted by Gasteiger charge is -2.28. The first-order chi connectivity index (χ1) is 26.0.